The molecule has 0 amide bonds. The highest BCUT2D eigenvalue weighted by Gasteiger charge is 2.21. The Balaban J connectivity index is 2.38. The van der Waals surface area contributed by atoms with Crippen LogP contribution in [0.5, 0.6) is 0 Å². The van der Waals surface area contributed by atoms with Gasteiger partial charge in [0, 0.05) is 5.02 Å². The second kappa shape index (κ2) is 5.12. The zero-order valence-corrected chi connectivity index (χ0v) is 12.7. The summed E-state index contributed by atoms with van der Waals surface area (Å²) in [5.41, 5.74) is 6.27. The molecular formula is C9H8Cl2N4O2S2. The average Bonchev–Trinajstić information content (AvgIpc) is 2.73. The van der Waals surface area contributed by atoms with Crippen molar-refractivity contribution < 1.29 is 8.42 Å². The standard InChI is InChI=1S/C9H8Cl2N4O2S2/c1-4-2-6(11)7(3-5(4)10)15-19(16,17)9-14-13-8(12)18-9/h2-3,15H,1H3,(H2,12,13). The van der Waals surface area contributed by atoms with Gasteiger partial charge in [0.15, 0.2) is 0 Å². The Morgan fingerprint density at radius 1 is 1.26 bits per heavy atom. The molecule has 0 fully saturated rings. The van der Waals surface area contributed by atoms with Crippen LogP contribution in [0.4, 0.5) is 10.8 Å². The van der Waals surface area contributed by atoms with Gasteiger partial charge in [-0.25, -0.2) is 0 Å². The van der Waals surface area contributed by atoms with Crippen LogP contribution >= 0.6 is 34.5 Å². The fourth-order valence-electron chi connectivity index (χ4n) is 1.24. The lowest BCUT2D eigenvalue weighted by molar-refractivity contribution is 0.599. The van der Waals surface area contributed by atoms with E-state index in [0.29, 0.717) is 5.02 Å². The summed E-state index contributed by atoms with van der Waals surface area (Å²) in [4.78, 5) is 0. The molecule has 0 atom stereocenters. The summed E-state index contributed by atoms with van der Waals surface area (Å²) in [5, 5.41) is 7.62. The molecule has 19 heavy (non-hydrogen) atoms. The third-order valence-electron chi connectivity index (χ3n) is 2.14. The second-order valence-electron chi connectivity index (χ2n) is 3.59. The minimum Gasteiger partial charge on any atom is -0.374 e. The molecule has 0 aliphatic carbocycles. The van der Waals surface area contributed by atoms with Gasteiger partial charge in [0.05, 0.1) is 10.7 Å². The zero-order valence-electron chi connectivity index (χ0n) is 9.52. The molecule has 0 bridgehead atoms. The number of hydrogen-bond donors (Lipinski definition) is 2. The van der Waals surface area contributed by atoms with Gasteiger partial charge < -0.3 is 5.73 Å². The van der Waals surface area contributed by atoms with Gasteiger partial charge in [0.25, 0.3) is 14.4 Å². The third-order valence-corrected chi connectivity index (χ3v) is 5.35. The van der Waals surface area contributed by atoms with Crippen LogP contribution in [-0.2, 0) is 10.0 Å². The number of hydrogen-bond acceptors (Lipinski definition) is 6. The summed E-state index contributed by atoms with van der Waals surface area (Å²) in [6.07, 6.45) is 0. The van der Waals surface area contributed by atoms with Gasteiger partial charge in [-0.15, -0.1) is 10.2 Å². The van der Waals surface area contributed by atoms with Crippen molar-refractivity contribution in [2.24, 2.45) is 0 Å². The number of sulfonamides is 1. The molecule has 0 aliphatic heterocycles. The summed E-state index contributed by atoms with van der Waals surface area (Å²) in [6.45, 7) is 1.76. The van der Waals surface area contributed by atoms with E-state index in [1.165, 1.54) is 6.07 Å². The number of halogens is 2. The summed E-state index contributed by atoms with van der Waals surface area (Å²) in [5.74, 6) is 0. The fourth-order valence-corrected chi connectivity index (χ4v) is 3.58. The van der Waals surface area contributed by atoms with Gasteiger partial charge in [-0.3, -0.25) is 4.72 Å². The maximum atomic E-state index is 12.0. The lowest BCUT2D eigenvalue weighted by Crippen LogP contribution is -2.13. The monoisotopic (exact) mass is 338 g/mol. The Bertz CT molecular complexity index is 730. The molecule has 1 aromatic carbocycles. The van der Waals surface area contributed by atoms with E-state index in [9.17, 15) is 8.42 Å². The smallest absolute Gasteiger partial charge is 0.291 e. The van der Waals surface area contributed by atoms with Gasteiger partial charge in [-0.05, 0) is 24.6 Å². The van der Waals surface area contributed by atoms with Gasteiger partial charge in [0.2, 0.25) is 5.13 Å². The molecule has 0 unspecified atom stereocenters. The van der Waals surface area contributed by atoms with Gasteiger partial charge in [-0.1, -0.05) is 34.5 Å². The molecule has 0 saturated heterocycles. The van der Waals surface area contributed by atoms with E-state index in [2.05, 4.69) is 14.9 Å². The number of benzene rings is 1. The molecule has 10 heteroatoms. The molecule has 2 rings (SSSR count). The van der Waals surface area contributed by atoms with Gasteiger partial charge in [-0.2, -0.15) is 8.42 Å². The number of nitrogen functional groups attached to an aromatic ring is 1. The fraction of sp³-hybridized carbons (Fsp3) is 0.111. The molecule has 3 N–H and O–H groups in total. The number of aromatic nitrogens is 2. The number of nitrogens with zero attached hydrogens (tertiary/aromatic N) is 2. The number of nitrogens with one attached hydrogen (secondary N) is 1. The van der Waals surface area contributed by atoms with Crippen molar-refractivity contribution in [3.05, 3.63) is 27.7 Å². The van der Waals surface area contributed by atoms with Crippen molar-refractivity contribution >= 4 is 55.4 Å². The lowest BCUT2D eigenvalue weighted by atomic mass is 10.2. The van der Waals surface area contributed by atoms with Crippen LogP contribution in [0.1, 0.15) is 5.56 Å². The van der Waals surface area contributed by atoms with E-state index in [1.54, 1.807) is 13.0 Å². The van der Waals surface area contributed by atoms with E-state index in [4.69, 9.17) is 28.9 Å². The summed E-state index contributed by atoms with van der Waals surface area (Å²) in [7, 11) is -3.87. The Morgan fingerprint density at radius 2 is 1.95 bits per heavy atom. The maximum Gasteiger partial charge on any atom is 0.291 e. The highest BCUT2D eigenvalue weighted by molar-refractivity contribution is 7.94. The van der Waals surface area contributed by atoms with Crippen LogP contribution < -0.4 is 10.5 Å². The summed E-state index contributed by atoms with van der Waals surface area (Å²) >= 11 is 12.6. The molecule has 1 heterocycles. The number of rotatable bonds is 3. The molecule has 0 spiro atoms. The van der Waals surface area contributed by atoms with Crippen LogP contribution in [0.2, 0.25) is 10.0 Å². The molecule has 0 radical (unpaired) electrons. The van der Waals surface area contributed by atoms with Crippen LogP contribution in [0, 0.1) is 6.92 Å². The lowest BCUT2D eigenvalue weighted by Gasteiger charge is -2.09. The molecular weight excluding hydrogens is 331 g/mol. The molecule has 0 aliphatic rings. The van der Waals surface area contributed by atoms with Gasteiger partial charge in [0.1, 0.15) is 0 Å². The molecule has 2 aromatic rings. The number of nitrogens with two attached hydrogens (primary N) is 1. The first-order valence-electron chi connectivity index (χ1n) is 4.87. The summed E-state index contributed by atoms with van der Waals surface area (Å²) in [6, 6.07) is 3.00. The minimum atomic E-state index is -3.87. The Morgan fingerprint density at radius 3 is 2.53 bits per heavy atom. The van der Waals surface area contributed by atoms with E-state index >= 15 is 0 Å². The SMILES string of the molecule is Cc1cc(Cl)c(NS(=O)(=O)c2nnc(N)s2)cc1Cl. The van der Waals surface area contributed by atoms with E-state index < -0.39 is 10.0 Å². The Kier molecular flexibility index (Phi) is 3.86. The zero-order chi connectivity index (χ0) is 14.2. The largest absolute Gasteiger partial charge is 0.374 e. The third kappa shape index (κ3) is 3.08. The first-order valence-corrected chi connectivity index (χ1v) is 7.92. The van der Waals surface area contributed by atoms with Crippen molar-refractivity contribution in [1.82, 2.24) is 10.2 Å². The predicted molar refractivity (Wildman–Crippen MR) is 76.3 cm³/mol. The normalized spacial score (nSPS) is 11.5. The van der Waals surface area contributed by atoms with E-state index in [1.807, 2.05) is 0 Å². The van der Waals surface area contributed by atoms with Crippen molar-refractivity contribution in [2.45, 2.75) is 11.3 Å². The van der Waals surface area contributed by atoms with Crippen molar-refractivity contribution in [1.29, 1.82) is 0 Å². The van der Waals surface area contributed by atoms with Crippen LogP contribution in [0.3, 0.4) is 0 Å². The van der Waals surface area contributed by atoms with Crippen LogP contribution in [-0.4, -0.2) is 18.6 Å². The van der Waals surface area contributed by atoms with Crippen molar-refractivity contribution in [3.63, 3.8) is 0 Å². The quantitative estimate of drug-likeness (QED) is 0.895. The number of aryl methyl sites for hydroxylation is 1. The van der Waals surface area contributed by atoms with Crippen molar-refractivity contribution in [3.8, 4) is 0 Å². The molecule has 1 aromatic heterocycles. The van der Waals surface area contributed by atoms with Gasteiger partial charge >= 0.3 is 0 Å². The van der Waals surface area contributed by atoms with E-state index in [0.717, 1.165) is 16.9 Å². The van der Waals surface area contributed by atoms with Crippen molar-refractivity contribution in [2.75, 3.05) is 10.5 Å². The summed E-state index contributed by atoms with van der Waals surface area (Å²) < 4.78 is 26.1. The predicted octanol–water partition coefficient (Wildman–Crippen LogP) is 2.54. The Labute approximate surface area is 123 Å². The first-order chi connectivity index (χ1) is 8.79. The average molecular weight is 339 g/mol. The van der Waals surface area contributed by atoms with Crippen LogP contribution in [0.25, 0.3) is 0 Å². The van der Waals surface area contributed by atoms with E-state index in [-0.39, 0.29) is 20.2 Å². The molecule has 102 valence electrons. The minimum absolute atomic E-state index is 0.0633. The molecule has 0 saturated carbocycles. The topological polar surface area (TPSA) is 98.0 Å². The van der Waals surface area contributed by atoms with Crippen LogP contribution in [0.15, 0.2) is 16.5 Å². The first kappa shape index (κ1) is 14.3. The highest BCUT2D eigenvalue weighted by Crippen LogP contribution is 2.31. The molecule has 6 nitrogen and oxygen atoms in total. The maximum absolute atomic E-state index is 12.0. The number of anilines is 2. The Hall–Kier alpha value is -1.09. The highest BCUT2D eigenvalue weighted by atomic mass is 35.5. The second-order valence-corrected chi connectivity index (χ2v) is 7.27.